The average Bonchev–Trinajstić information content (AvgIpc) is 3.22. The topological polar surface area (TPSA) is 64.4 Å². The zero-order valence-electron chi connectivity index (χ0n) is 17.9. The van der Waals surface area contributed by atoms with Gasteiger partial charge in [-0.1, -0.05) is 43.1 Å². The van der Waals surface area contributed by atoms with E-state index in [0.717, 1.165) is 23.1 Å². The number of rotatable bonds is 6. The van der Waals surface area contributed by atoms with E-state index in [1.807, 2.05) is 18.2 Å². The molecule has 1 aromatic heterocycles. The number of ether oxygens (including phenoxy) is 1. The van der Waals surface area contributed by atoms with E-state index in [1.165, 1.54) is 24.8 Å². The highest BCUT2D eigenvalue weighted by atomic mass is 35.5. The average molecular weight is 469 g/mol. The maximum absolute atomic E-state index is 12.7. The van der Waals surface area contributed by atoms with E-state index in [9.17, 15) is 4.79 Å². The Kier molecular flexibility index (Phi) is 6.40. The van der Waals surface area contributed by atoms with Crippen molar-refractivity contribution < 1.29 is 13.9 Å². The van der Waals surface area contributed by atoms with E-state index in [4.69, 9.17) is 32.4 Å². The summed E-state index contributed by atoms with van der Waals surface area (Å²) in [5, 5.41) is 3.45. The van der Waals surface area contributed by atoms with E-state index in [1.54, 1.807) is 12.1 Å². The number of benzene rings is 3. The monoisotopic (exact) mass is 468 g/mol. The quantitative estimate of drug-likeness (QED) is 0.316. The van der Waals surface area contributed by atoms with E-state index in [2.05, 4.69) is 36.3 Å². The van der Waals surface area contributed by atoms with Crippen LogP contribution in [0.25, 0.3) is 22.6 Å². The number of nitrogens with zero attached hydrogens (tertiary/aromatic N) is 1. The van der Waals surface area contributed by atoms with Gasteiger partial charge in [-0.25, -0.2) is 4.98 Å². The summed E-state index contributed by atoms with van der Waals surface area (Å²) in [6.45, 7) is 4.36. The lowest BCUT2D eigenvalue weighted by atomic mass is 9.98. The Balaban J connectivity index is 1.55. The fraction of sp³-hybridized carbons (Fsp3) is 0.200. The molecule has 0 aliphatic rings. The van der Waals surface area contributed by atoms with Gasteiger partial charge in [0, 0.05) is 16.3 Å². The lowest BCUT2D eigenvalue weighted by Gasteiger charge is -2.11. The molecule has 3 aromatic carbocycles. The van der Waals surface area contributed by atoms with Gasteiger partial charge in [0.15, 0.2) is 5.58 Å². The number of carbonyl (C=O) groups excluding carboxylic acids is 1. The molecule has 1 N–H and O–H groups in total. The number of methoxy groups -OCH3 is 1. The van der Waals surface area contributed by atoms with Gasteiger partial charge in [-0.15, -0.1) is 0 Å². The van der Waals surface area contributed by atoms with Gasteiger partial charge >= 0.3 is 0 Å². The second kappa shape index (κ2) is 9.23. The van der Waals surface area contributed by atoms with Gasteiger partial charge in [-0.3, -0.25) is 4.79 Å². The molecule has 4 rings (SSSR count). The first-order valence-electron chi connectivity index (χ1n) is 10.2. The van der Waals surface area contributed by atoms with Crippen molar-refractivity contribution in [3.63, 3.8) is 0 Å². The minimum Gasteiger partial charge on any atom is -0.494 e. The molecule has 164 valence electrons. The molecule has 4 aromatic rings. The van der Waals surface area contributed by atoms with Crippen molar-refractivity contribution in [1.29, 1.82) is 0 Å². The maximum atomic E-state index is 12.7. The number of oxazole rings is 1. The minimum absolute atomic E-state index is 0.255. The van der Waals surface area contributed by atoms with Crippen LogP contribution >= 0.6 is 23.2 Å². The third-order valence-corrected chi connectivity index (χ3v) is 5.94. The number of aromatic nitrogens is 1. The lowest BCUT2D eigenvalue weighted by molar-refractivity contribution is 0.102. The van der Waals surface area contributed by atoms with Crippen LogP contribution in [0.2, 0.25) is 10.0 Å². The van der Waals surface area contributed by atoms with Crippen molar-refractivity contribution >= 4 is 45.9 Å². The summed E-state index contributed by atoms with van der Waals surface area (Å²) in [4.78, 5) is 17.4. The number of anilines is 1. The molecule has 1 heterocycles. The molecular formula is C25H22Cl2N2O3. The third kappa shape index (κ3) is 4.45. The molecule has 0 fully saturated rings. The Hall–Kier alpha value is -3.02. The van der Waals surface area contributed by atoms with Crippen molar-refractivity contribution in [3.05, 3.63) is 75.8 Å². The molecule has 1 atom stereocenters. The standard InChI is InChI=1S/C25H22Cl2N2O3/c1-4-14(2)16-7-10-22-21(11-16)29-25(32-22)15-5-8-18(9-6-15)28-24(30)19-12-17(26)13-20(27)23(19)31-3/h5-14H,4H2,1-3H3,(H,28,30). The van der Waals surface area contributed by atoms with Crippen molar-refractivity contribution in [3.8, 4) is 17.2 Å². The van der Waals surface area contributed by atoms with Crippen molar-refractivity contribution in [1.82, 2.24) is 4.98 Å². The van der Waals surface area contributed by atoms with Gasteiger partial charge in [0.05, 0.1) is 17.7 Å². The smallest absolute Gasteiger partial charge is 0.259 e. The number of carbonyl (C=O) groups is 1. The Labute approximate surface area is 196 Å². The predicted octanol–water partition coefficient (Wildman–Crippen LogP) is 7.58. The minimum atomic E-state index is -0.376. The SMILES string of the molecule is CCC(C)c1ccc2oc(-c3ccc(NC(=O)c4cc(Cl)cc(Cl)c4OC)cc3)nc2c1. The first-order chi connectivity index (χ1) is 15.4. The summed E-state index contributed by atoms with van der Waals surface area (Å²) in [6, 6.07) is 16.4. The van der Waals surface area contributed by atoms with Crippen LogP contribution in [0.5, 0.6) is 5.75 Å². The molecule has 0 radical (unpaired) electrons. The fourth-order valence-electron chi connectivity index (χ4n) is 3.44. The number of nitrogens with one attached hydrogen (secondary N) is 1. The van der Waals surface area contributed by atoms with E-state index < -0.39 is 0 Å². The van der Waals surface area contributed by atoms with Crippen LogP contribution in [0.15, 0.2) is 59.0 Å². The van der Waals surface area contributed by atoms with Gasteiger partial charge in [-0.05, 0) is 66.4 Å². The summed E-state index contributed by atoms with van der Waals surface area (Å²) in [7, 11) is 1.45. The molecule has 0 saturated heterocycles. The van der Waals surface area contributed by atoms with Gasteiger partial charge < -0.3 is 14.5 Å². The molecule has 0 aliphatic heterocycles. The molecule has 1 unspecified atom stereocenters. The number of halogens is 2. The summed E-state index contributed by atoms with van der Waals surface area (Å²) in [6.07, 6.45) is 1.07. The van der Waals surface area contributed by atoms with Crippen LogP contribution in [-0.2, 0) is 0 Å². The van der Waals surface area contributed by atoms with E-state index >= 15 is 0 Å². The molecule has 32 heavy (non-hydrogen) atoms. The van der Waals surface area contributed by atoms with Crippen molar-refractivity contribution in [2.45, 2.75) is 26.2 Å². The highest BCUT2D eigenvalue weighted by molar-refractivity contribution is 6.36. The van der Waals surface area contributed by atoms with Crippen LogP contribution in [-0.4, -0.2) is 18.0 Å². The van der Waals surface area contributed by atoms with Gasteiger partial charge in [0.25, 0.3) is 5.91 Å². The molecule has 1 amide bonds. The summed E-state index contributed by atoms with van der Waals surface area (Å²) in [5.41, 5.74) is 4.49. The maximum Gasteiger partial charge on any atom is 0.259 e. The second-order valence-electron chi connectivity index (χ2n) is 7.56. The largest absolute Gasteiger partial charge is 0.494 e. The van der Waals surface area contributed by atoms with Crippen LogP contribution in [0, 0.1) is 0 Å². The number of hydrogen-bond acceptors (Lipinski definition) is 4. The molecule has 0 spiro atoms. The van der Waals surface area contributed by atoms with Crippen LogP contribution < -0.4 is 10.1 Å². The normalized spacial score (nSPS) is 12.0. The lowest BCUT2D eigenvalue weighted by Crippen LogP contribution is -2.13. The molecule has 7 heteroatoms. The highest BCUT2D eigenvalue weighted by Gasteiger charge is 2.17. The Morgan fingerprint density at radius 1 is 1.12 bits per heavy atom. The van der Waals surface area contributed by atoms with Crippen molar-refractivity contribution in [2.24, 2.45) is 0 Å². The Morgan fingerprint density at radius 3 is 2.56 bits per heavy atom. The van der Waals surface area contributed by atoms with Gasteiger partial charge in [0.2, 0.25) is 5.89 Å². The summed E-state index contributed by atoms with van der Waals surface area (Å²) in [5.74, 6) is 0.893. The number of hydrogen-bond donors (Lipinski definition) is 1. The number of amides is 1. The van der Waals surface area contributed by atoms with Crippen molar-refractivity contribution in [2.75, 3.05) is 12.4 Å². The Bertz CT molecular complexity index is 1280. The van der Waals surface area contributed by atoms with Crippen LogP contribution in [0.1, 0.15) is 42.1 Å². The summed E-state index contributed by atoms with van der Waals surface area (Å²) < 4.78 is 11.2. The zero-order chi connectivity index (χ0) is 22.8. The molecule has 0 bridgehead atoms. The molecular weight excluding hydrogens is 447 g/mol. The first kappa shape index (κ1) is 22.2. The number of fused-ring (bicyclic) bond motifs is 1. The van der Waals surface area contributed by atoms with E-state index in [-0.39, 0.29) is 22.2 Å². The highest BCUT2D eigenvalue weighted by Crippen LogP contribution is 2.33. The van der Waals surface area contributed by atoms with Crippen LogP contribution in [0.3, 0.4) is 0 Å². The van der Waals surface area contributed by atoms with E-state index in [0.29, 0.717) is 22.5 Å². The van der Waals surface area contributed by atoms with Gasteiger partial charge in [-0.2, -0.15) is 0 Å². The molecule has 0 saturated carbocycles. The summed E-state index contributed by atoms with van der Waals surface area (Å²) >= 11 is 12.2. The second-order valence-corrected chi connectivity index (χ2v) is 8.40. The fourth-order valence-corrected chi connectivity index (χ4v) is 4.01. The first-order valence-corrected chi connectivity index (χ1v) is 11.0. The van der Waals surface area contributed by atoms with Crippen LogP contribution in [0.4, 0.5) is 5.69 Å². The molecule has 0 aliphatic carbocycles. The Morgan fingerprint density at radius 2 is 1.88 bits per heavy atom. The predicted molar refractivity (Wildman–Crippen MR) is 129 cm³/mol. The zero-order valence-corrected chi connectivity index (χ0v) is 19.4. The van der Waals surface area contributed by atoms with Gasteiger partial charge in [0.1, 0.15) is 11.3 Å². The molecule has 5 nitrogen and oxygen atoms in total. The third-order valence-electron chi connectivity index (χ3n) is 5.44.